The Kier molecular flexibility index (Phi) is 2.77. The third kappa shape index (κ3) is 1.98. The smallest absolute Gasteiger partial charge is 0.194 e. The van der Waals surface area contributed by atoms with Gasteiger partial charge in [-0.25, -0.2) is 4.39 Å². The van der Waals surface area contributed by atoms with Crippen LogP contribution in [0.2, 0.25) is 0 Å². The van der Waals surface area contributed by atoms with Gasteiger partial charge in [-0.2, -0.15) is 0 Å². The van der Waals surface area contributed by atoms with Crippen molar-refractivity contribution < 1.29 is 9.18 Å². The van der Waals surface area contributed by atoms with Crippen LogP contribution in [0.5, 0.6) is 0 Å². The minimum Gasteiger partial charge on any atom is -0.289 e. The van der Waals surface area contributed by atoms with Crippen LogP contribution in [0.25, 0.3) is 0 Å². The second kappa shape index (κ2) is 4.23. The number of ketones is 1. The molecule has 80 valence electrons. The second-order valence-electron chi connectivity index (χ2n) is 3.54. The summed E-state index contributed by atoms with van der Waals surface area (Å²) in [5, 5.41) is 0. The van der Waals surface area contributed by atoms with Crippen molar-refractivity contribution in [2.24, 2.45) is 0 Å². The molecule has 2 aromatic rings. The van der Waals surface area contributed by atoms with Crippen LogP contribution in [0.15, 0.2) is 42.7 Å². The summed E-state index contributed by atoms with van der Waals surface area (Å²) in [5.41, 5.74) is 1.72. The fourth-order valence-corrected chi connectivity index (χ4v) is 1.52. The molecule has 0 aliphatic carbocycles. The summed E-state index contributed by atoms with van der Waals surface area (Å²) in [5.74, 6) is -0.704. The number of hydrogen-bond donors (Lipinski definition) is 0. The van der Waals surface area contributed by atoms with Crippen molar-refractivity contribution in [3.8, 4) is 0 Å². The van der Waals surface area contributed by atoms with E-state index in [9.17, 15) is 9.18 Å². The summed E-state index contributed by atoms with van der Waals surface area (Å²) >= 11 is 0. The zero-order valence-electron chi connectivity index (χ0n) is 8.77. The van der Waals surface area contributed by atoms with E-state index in [4.69, 9.17) is 0 Å². The van der Waals surface area contributed by atoms with Crippen LogP contribution >= 0.6 is 0 Å². The maximum Gasteiger partial charge on any atom is 0.194 e. The van der Waals surface area contributed by atoms with Gasteiger partial charge in [0.15, 0.2) is 5.78 Å². The van der Waals surface area contributed by atoms with Crippen molar-refractivity contribution >= 4 is 5.78 Å². The first-order valence-electron chi connectivity index (χ1n) is 4.89. The zero-order chi connectivity index (χ0) is 11.5. The molecule has 0 N–H and O–H groups in total. The second-order valence-corrected chi connectivity index (χ2v) is 3.54. The van der Waals surface area contributed by atoms with Gasteiger partial charge >= 0.3 is 0 Å². The Bertz CT molecular complexity index is 537. The van der Waals surface area contributed by atoms with E-state index >= 15 is 0 Å². The summed E-state index contributed by atoms with van der Waals surface area (Å²) in [7, 11) is 0. The standard InChI is InChI=1S/C13H10FNO/c1-9-4-2-3-5-12(9)13(16)10-6-11(14)8-15-7-10/h2-8H,1H3. The van der Waals surface area contributed by atoms with Crippen LogP contribution in [0, 0.1) is 12.7 Å². The molecular weight excluding hydrogens is 205 g/mol. The predicted octanol–water partition coefficient (Wildman–Crippen LogP) is 2.76. The number of nitrogens with zero attached hydrogens (tertiary/aromatic N) is 1. The Hall–Kier alpha value is -2.03. The molecule has 0 amide bonds. The first-order valence-corrected chi connectivity index (χ1v) is 4.89. The molecule has 1 aromatic heterocycles. The molecule has 0 unspecified atom stereocenters. The molecule has 0 spiro atoms. The molecule has 0 bridgehead atoms. The normalized spacial score (nSPS) is 10.1. The van der Waals surface area contributed by atoms with Gasteiger partial charge in [0.1, 0.15) is 5.82 Å². The number of rotatable bonds is 2. The summed E-state index contributed by atoms with van der Waals surface area (Å²) in [6, 6.07) is 8.41. The first kappa shape index (κ1) is 10.5. The molecule has 3 heteroatoms. The number of carbonyl (C=O) groups is 1. The summed E-state index contributed by atoms with van der Waals surface area (Å²) in [6.07, 6.45) is 2.45. The molecule has 0 saturated carbocycles. The van der Waals surface area contributed by atoms with Crippen LogP contribution in [0.1, 0.15) is 21.5 Å². The molecule has 2 nitrogen and oxygen atoms in total. The molecule has 1 aromatic carbocycles. The van der Waals surface area contributed by atoms with Crippen LogP contribution in [0.3, 0.4) is 0 Å². The number of carbonyl (C=O) groups excluding carboxylic acids is 1. The highest BCUT2D eigenvalue weighted by atomic mass is 19.1. The minimum absolute atomic E-state index is 0.204. The fraction of sp³-hybridized carbons (Fsp3) is 0.0769. The number of aryl methyl sites for hydroxylation is 1. The SMILES string of the molecule is Cc1ccccc1C(=O)c1cncc(F)c1. The maximum atomic E-state index is 12.9. The summed E-state index contributed by atoms with van der Waals surface area (Å²) < 4.78 is 12.9. The van der Waals surface area contributed by atoms with Gasteiger partial charge in [-0.3, -0.25) is 9.78 Å². The maximum absolute atomic E-state index is 12.9. The number of hydrogen-bond acceptors (Lipinski definition) is 2. The molecule has 0 radical (unpaired) electrons. The van der Waals surface area contributed by atoms with E-state index in [-0.39, 0.29) is 11.3 Å². The van der Waals surface area contributed by atoms with Gasteiger partial charge in [-0.15, -0.1) is 0 Å². The fourth-order valence-electron chi connectivity index (χ4n) is 1.52. The van der Waals surface area contributed by atoms with Gasteiger partial charge in [-0.1, -0.05) is 24.3 Å². The lowest BCUT2D eigenvalue weighted by atomic mass is 10.0. The number of pyridine rings is 1. The van der Waals surface area contributed by atoms with Crippen molar-refractivity contribution in [1.82, 2.24) is 4.98 Å². The quantitative estimate of drug-likeness (QED) is 0.721. The highest BCUT2D eigenvalue weighted by Crippen LogP contribution is 2.13. The molecule has 2 rings (SSSR count). The van der Waals surface area contributed by atoms with E-state index in [1.807, 2.05) is 19.1 Å². The van der Waals surface area contributed by atoms with E-state index in [0.717, 1.165) is 11.8 Å². The number of halogens is 1. The van der Waals surface area contributed by atoms with Gasteiger partial charge in [0, 0.05) is 17.3 Å². The van der Waals surface area contributed by atoms with Crippen molar-refractivity contribution in [1.29, 1.82) is 0 Å². The third-order valence-corrected chi connectivity index (χ3v) is 2.36. The first-order chi connectivity index (χ1) is 7.68. The molecule has 0 aliphatic rings. The number of aromatic nitrogens is 1. The van der Waals surface area contributed by atoms with E-state index < -0.39 is 5.82 Å². The number of benzene rings is 1. The summed E-state index contributed by atoms with van der Waals surface area (Å²) in [6.45, 7) is 1.85. The Morgan fingerprint density at radius 1 is 1.25 bits per heavy atom. The van der Waals surface area contributed by atoms with Gasteiger partial charge in [0.2, 0.25) is 0 Å². The Labute approximate surface area is 92.8 Å². The monoisotopic (exact) mass is 215 g/mol. The van der Waals surface area contributed by atoms with Crippen LogP contribution in [-0.4, -0.2) is 10.8 Å². The molecule has 0 saturated heterocycles. The van der Waals surface area contributed by atoms with Crippen molar-refractivity contribution in [2.75, 3.05) is 0 Å². The lowest BCUT2D eigenvalue weighted by molar-refractivity contribution is 0.103. The molecule has 0 aliphatic heterocycles. The summed E-state index contributed by atoms with van der Waals surface area (Å²) in [4.78, 5) is 15.7. The minimum atomic E-state index is -0.501. The molecule has 0 atom stereocenters. The van der Waals surface area contributed by atoms with E-state index in [0.29, 0.717) is 5.56 Å². The van der Waals surface area contributed by atoms with Gasteiger partial charge < -0.3 is 0 Å². The third-order valence-electron chi connectivity index (χ3n) is 2.36. The average molecular weight is 215 g/mol. The molecular formula is C13H10FNO. The topological polar surface area (TPSA) is 30.0 Å². The van der Waals surface area contributed by atoms with E-state index in [2.05, 4.69) is 4.98 Å². The predicted molar refractivity (Wildman–Crippen MR) is 58.8 cm³/mol. The van der Waals surface area contributed by atoms with Gasteiger partial charge in [0.05, 0.1) is 6.20 Å². The molecule has 0 fully saturated rings. The average Bonchev–Trinajstić information content (AvgIpc) is 2.29. The van der Waals surface area contributed by atoms with Crippen molar-refractivity contribution in [3.05, 3.63) is 65.2 Å². The van der Waals surface area contributed by atoms with E-state index in [1.165, 1.54) is 12.3 Å². The Morgan fingerprint density at radius 3 is 2.69 bits per heavy atom. The van der Waals surface area contributed by atoms with Crippen LogP contribution < -0.4 is 0 Å². The van der Waals surface area contributed by atoms with Crippen LogP contribution in [0.4, 0.5) is 4.39 Å². The lowest BCUT2D eigenvalue weighted by Gasteiger charge is -2.03. The van der Waals surface area contributed by atoms with Gasteiger partial charge in [-0.05, 0) is 18.6 Å². The Balaban J connectivity index is 2.44. The largest absolute Gasteiger partial charge is 0.289 e. The van der Waals surface area contributed by atoms with Crippen LogP contribution in [-0.2, 0) is 0 Å². The van der Waals surface area contributed by atoms with Gasteiger partial charge in [0.25, 0.3) is 0 Å². The van der Waals surface area contributed by atoms with E-state index in [1.54, 1.807) is 12.1 Å². The van der Waals surface area contributed by atoms with Crippen molar-refractivity contribution in [2.45, 2.75) is 6.92 Å². The highest BCUT2D eigenvalue weighted by molar-refractivity contribution is 6.09. The lowest BCUT2D eigenvalue weighted by Crippen LogP contribution is -2.04. The zero-order valence-corrected chi connectivity index (χ0v) is 8.77. The highest BCUT2D eigenvalue weighted by Gasteiger charge is 2.11. The van der Waals surface area contributed by atoms with Crippen molar-refractivity contribution in [3.63, 3.8) is 0 Å². The molecule has 16 heavy (non-hydrogen) atoms. The Morgan fingerprint density at radius 2 is 2.00 bits per heavy atom. The molecule has 1 heterocycles.